The second-order valence-electron chi connectivity index (χ2n) is 4.39. The summed E-state index contributed by atoms with van der Waals surface area (Å²) in [5, 5.41) is -0.232. The molecule has 0 saturated heterocycles. The number of rotatable bonds is 5. The van der Waals surface area contributed by atoms with E-state index >= 15 is 0 Å². The molecule has 0 aliphatic heterocycles. The Kier molecular flexibility index (Phi) is 5.54. The first-order chi connectivity index (χ1) is 8.45. The molecule has 0 bridgehead atoms. The first kappa shape index (κ1) is 14.9. The Morgan fingerprint density at radius 3 is 2.67 bits per heavy atom. The van der Waals surface area contributed by atoms with Crippen LogP contribution in [-0.4, -0.2) is 22.0 Å². The number of aryl methyl sites for hydroxylation is 2. The second-order valence-corrected chi connectivity index (χ2v) is 6.23. The van der Waals surface area contributed by atoms with Crippen molar-refractivity contribution in [1.29, 1.82) is 0 Å². The van der Waals surface area contributed by atoms with Gasteiger partial charge in [0.05, 0.1) is 23.8 Å². The molecule has 0 aromatic heterocycles. The third-order valence-corrected chi connectivity index (χ3v) is 4.46. The van der Waals surface area contributed by atoms with Crippen molar-refractivity contribution < 1.29 is 13.7 Å². The van der Waals surface area contributed by atoms with E-state index in [0.717, 1.165) is 16.0 Å². The largest absolute Gasteiger partial charge is 0.466 e. The summed E-state index contributed by atoms with van der Waals surface area (Å²) in [6, 6.07) is 5.87. The van der Waals surface area contributed by atoms with Gasteiger partial charge in [-0.3, -0.25) is 9.00 Å². The van der Waals surface area contributed by atoms with Crippen LogP contribution in [0.15, 0.2) is 23.1 Å². The number of carbonyl (C=O) groups excluding carboxylic acids is 1. The van der Waals surface area contributed by atoms with Crippen LogP contribution in [0.5, 0.6) is 0 Å². The maximum Gasteiger partial charge on any atom is 0.306 e. The molecule has 0 aliphatic carbocycles. The van der Waals surface area contributed by atoms with Gasteiger partial charge in [0, 0.05) is 10.1 Å². The van der Waals surface area contributed by atoms with Gasteiger partial charge in [0.1, 0.15) is 0 Å². The van der Waals surface area contributed by atoms with E-state index in [-0.39, 0.29) is 17.6 Å². The number of carbonyl (C=O) groups is 1. The van der Waals surface area contributed by atoms with Gasteiger partial charge in [-0.1, -0.05) is 12.1 Å². The van der Waals surface area contributed by atoms with Crippen molar-refractivity contribution in [3.63, 3.8) is 0 Å². The summed E-state index contributed by atoms with van der Waals surface area (Å²) in [5.41, 5.74) is 2.07. The molecule has 0 aliphatic rings. The van der Waals surface area contributed by atoms with Gasteiger partial charge < -0.3 is 4.74 Å². The van der Waals surface area contributed by atoms with Crippen molar-refractivity contribution in [2.45, 2.75) is 44.3 Å². The Morgan fingerprint density at radius 2 is 2.06 bits per heavy atom. The van der Waals surface area contributed by atoms with E-state index in [9.17, 15) is 9.00 Å². The molecule has 100 valence electrons. The van der Waals surface area contributed by atoms with Crippen LogP contribution in [0.1, 0.15) is 31.4 Å². The quantitative estimate of drug-likeness (QED) is 0.771. The minimum Gasteiger partial charge on any atom is -0.466 e. The lowest BCUT2D eigenvalue weighted by Crippen LogP contribution is -2.18. The van der Waals surface area contributed by atoms with E-state index in [2.05, 4.69) is 0 Å². The molecule has 4 heteroatoms. The smallest absolute Gasteiger partial charge is 0.306 e. The van der Waals surface area contributed by atoms with Gasteiger partial charge in [-0.2, -0.15) is 0 Å². The molecule has 1 aromatic carbocycles. The molecule has 0 spiro atoms. The van der Waals surface area contributed by atoms with Gasteiger partial charge >= 0.3 is 5.97 Å². The van der Waals surface area contributed by atoms with Crippen LogP contribution < -0.4 is 0 Å². The number of benzene rings is 1. The van der Waals surface area contributed by atoms with Crippen molar-refractivity contribution in [2.24, 2.45) is 0 Å². The fourth-order valence-electron chi connectivity index (χ4n) is 1.67. The van der Waals surface area contributed by atoms with Crippen LogP contribution in [0.3, 0.4) is 0 Å². The molecule has 2 unspecified atom stereocenters. The molecule has 0 radical (unpaired) electrons. The van der Waals surface area contributed by atoms with E-state index in [0.29, 0.717) is 6.61 Å². The molecule has 2 atom stereocenters. The Morgan fingerprint density at radius 1 is 1.39 bits per heavy atom. The van der Waals surface area contributed by atoms with E-state index in [4.69, 9.17) is 4.74 Å². The van der Waals surface area contributed by atoms with Crippen LogP contribution in [0, 0.1) is 13.8 Å². The van der Waals surface area contributed by atoms with Crippen molar-refractivity contribution in [1.82, 2.24) is 0 Å². The molecule has 18 heavy (non-hydrogen) atoms. The van der Waals surface area contributed by atoms with Crippen molar-refractivity contribution in [3.05, 3.63) is 29.3 Å². The van der Waals surface area contributed by atoms with Gasteiger partial charge in [0.2, 0.25) is 0 Å². The maximum atomic E-state index is 12.4. The van der Waals surface area contributed by atoms with Crippen LogP contribution in [0.25, 0.3) is 0 Å². The lowest BCUT2D eigenvalue weighted by atomic mass is 10.2. The molecule has 3 nitrogen and oxygen atoms in total. The minimum absolute atomic E-state index is 0.188. The predicted molar refractivity (Wildman–Crippen MR) is 73.0 cm³/mol. The Labute approximate surface area is 111 Å². The van der Waals surface area contributed by atoms with Gasteiger partial charge in [-0.15, -0.1) is 0 Å². The van der Waals surface area contributed by atoms with E-state index in [1.807, 2.05) is 39.0 Å². The first-order valence-electron chi connectivity index (χ1n) is 6.09. The van der Waals surface area contributed by atoms with Gasteiger partial charge in [-0.25, -0.2) is 0 Å². The van der Waals surface area contributed by atoms with Crippen LogP contribution in [-0.2, 0) is 20.3 Å². The lowest BCUT2D eigenvalue weighted by Gasteiger charge is -2.13. The zero-order valence-electron chi connectivity index (χ0n) is 11.4. The van der Waals surface area contributed by atoms with Crippen molar-refractivity contribution >= 4 is 16.8 Å². The summed E-state index contributed by atoms with van der Waals surface area (Å²) in [4.78, 5) is 12.2. The van der Waals surface area contributed by atoms with Crippen molar-refractivity contribution in [2.75, 3.05) is 6.61 Å². The Bertz CT molecular complexity index is 454. The van der Waals surface area contributed by atoms with E-state index in [1.165, 1.54) is 0 Å². The van der Waals surface area contributed by atoms with Crippen LogP contribution in [0.4, 0.5) is 0 Å². The van der Waals surface area contributed by atoms with Gasteiger partial charge in [-0.05, 0) is 44.9 Å². The minimum atomic E-state index is -1.18. The summed E-state index contributed by atoms with van der Waals surface area (Å²) in [6.07, 6.45) is 0.188. The summed E-state index contributed by atoms with van der Waals surface area (Å²) in [7, 11) is -1.18. The summed E-state index contributed by atoms with van der Waals surface area (Å²) >= 11 is 0. The third kappa shape index (κ3) is 3.95. The van der Waals surface area contributed by atoms with Crippen LogP contribution in [0.2, 0.25) is 0 Å². The van der Waals surface area contributed by atoms with E-state index in [1.54, 1.807) is 6.92 Å². The molecule has 0 amide bonds. The highest BCUT2D eigenvalue weighted by Crippen LogP contribution is 2.19. The number of hydrogen-bond acceptors (Lipinski definition) is 3. The molecule has 0 heterocycles. The highest BCUT2D eigenvalue weighted by atomic mass is 32.2. The normalized spacial score (nSPS) is 14.0. The fourth-order valence-corrected chi connectivity index (χ4v) is 3.08. The zero-order chi connectivity index (χ0) is 13.7. The maximum absolute atomic E-state index is 12.4. The first-order valence-corrected chi connectivity index (χ1v) is 7.30. The topological polar surface area (TPSA) is 43.4 Å². The monoisotopic (exact) mass is 268 g/mol. The summed E-state index contributed by atoms with van der Waals surface area (Å²) in [5.74, 6) is -0.288. The lowest BCUT2D eigenvalue weighted by molar-refractivity contribution is -0.143. The number of esters is 1. The predicted octanol–water partition coefficient (Wildman–Crippen LogP) is 2.75. The molecular weight excluding hydrogens is 248 g/mol. The van der Waals surface area contributed by atoms with Gasteiger partial charge in [0.15, 0.2) is 0 Å². The average Bonchev–Trinajstić information content (AvgIpc) is 2.31. The Hall–Kier alpha value is -1.16. The number of ether oxygens (including phenoxy) is 1. The highest BCUT2D eigenvalue weighted by Gasteiger charge is 2.19. The average molecular weight is 268 g/mol. The van der Waals surface area contributed by atoms with Crippen molar-refractivity contribution in [3.8, 4) is 0 Å². The Balaban J connectivity index is 2.80. The highest BCUT2D eigenvalue weighted by molar-refractivity contribution is 7.85. The molecule has 0 saturated carbocycles. The fraction of sp³-hybridized carbons (Fsp3) is 0.500. The second kappa shape index (κ2) is 6.69. The molecule has 0 fully saturated rings. The molecule has 1 rings (SSSR count). The third-order valence-electron chi connectivity index (χ3n) is 2.69. The molecule has 1 aromatic rings. The summed E-state index contributed by atoms with van der Waals surface area (Å²) < 4.78 is 17.2. The van der Waals surface area contributed by atoms with Crippen LogP contribution >= 0.6 is 0 Å². The SMILES string of the molecule is CCOC(=O)CC(C)S(=O)c1cc(C)ccc1C. The molecule has 0 N–H and O–H groups in total. The summed E-state index contributed by atoms with van der Waals surface area (Å²) in [6.45, 7) is 7.85. The standard InChI is InChI=1S/C14H20O3S/c1-5-17-14(15)9-12(4)18(16)13-8-10(2)6-7-11(13)3/h6-8,12H,5,9H2,1-4H3. The zero-order valence-corrected chi connectivity index (χ0v) is 12.2. The van der Waals surface area contributed by atoms with E-state index < -0.39 is 10.8 Å². The molecular formula is C14H20O3S. The number of hydrogen-bond donors (Lipinski definition) is 0. The van der Waals surface area contributed by atoms with Gasteiger partial charge in [0.25, 0.3) is 0 Å².